The van der Waals surface area contributed by atoms with Gasteiger partial charge in [0.05, 0.1) is 13.7 Å². The molecular weight excluding hydrogens is 752 g/mol. The first kappa shape index (κ1) is 48.7. The van der Waals surface area contributed by atoms with Gasteiger partial charge in [-0.25, -0.2) is 0 Å². The normalized spacial score (nSPS) is 22.0. The van der Waals surface area contributed by atoms with E-state index in [4.69, 9.17) is 41.9 Å². The molecule has 0 saturated carbocycles. The Balaban J connectivity index is 0.00000221. The lowest BCUT2D eigenvalue weighted by molar-refractivity contribution is -0.277. The van der Waals surface area contributed by atoms with Gasteiger partial charge in [0.15, 0.2) is 23.4 Å². The molecule has 0 aromatic heterocycles. The summed E-state index contributed by atoms with van der Waals surface area (Å²) in [5.74, 6) is -0.446. The second kappa shape index (κ2) is 25.1. The molecule has 7 unspecified atom stereocenters. The minimum atomic E-state index is -1.60. The van der Waals surface area contributed by atoms with Crippen LogP contribution >= 0.6 is 0 Å². The Morgan fingerprint density at radius 1 is 0.862 bits per heavy atom. The van der Waals surface area contributed by atoms with Crippen LogP contribution in [0.15, 0.2) is 64.6 Å². The van der Waals surface area contributed by atoms with Gasteiger partial charge < -0.3 is 72.9 Å². The molecule has 18 heteroatoms. The predicted octanol–water partition coefficient (Wildman–Crippen LogP) is 0.663. The summed E-state index contributed by atoms with van der Waals surface area (Å²) in [6.07, 6.45) is 1.66. The van der Waals surface area contributed by atoms with Crippen molar-refractivity contribution in [1.29, 1.82) is 0 Å². The number of rotatable bonds is 18. The van der Waals surface area contributed by atoms with Gasteiger partial charge in [-0.2, -0.15) is 0 Å². The number of guanidine groups is 2. The molecule has 2 aliphatic heterocycles. The van der Waals surface area contributed by atoms with Crippen molar-refractivity contribution in [3.05, 3.63) is 71.3 Å². The van der Waals surface area contributed by atoms with Crippen molar-refractivity contribution in [2.24, 2.45) is 32.9 Å². The van der Waals surface area contributed by atoms with Gasteiger partial charge in [-0.05, 0) is 81.0 Å². The Kier molecular flexibility index (Phi) is 21.1. The minimum Gasteiger partial charge on any atom is -0.493 e. The number of nitrogens with one attached hydrogen (secondary N) is 2. The van der Waals surface area contributed by atoms with Crippen molar-refractivity contribution in [3.63, 3.8) is 0 Å². The fourth-order valence-electron chi connectivity index (χ4n) is 5.84. The number of methoxy groups -OCH3 is 1. The first-order valence-electron chi connectivity index (χ1n) is 18.7. The summed E-state index contributed by atoms with van der Waals surface area (Å²) in [6, 6.07) is 9.99. The van der Waals surface area contributed by atoms with Crippen molar-refractivity contribution < 1.29 is 49.0 Å². The Morgan fingerprint density at radius 3 is 2.02 bits per heavy atom. The number of carbonyl (C=O) groups is 2. The Morgan fingerprint density at radius 2 is 1.47 bits per heavy atom. The molecule has 58 heavy (non-hydrogen) atoms. The molecule has 2 aromatic carbocycles. The smallest absolute Gasteiger partial charge is 0.243 e. The molecule has 2 aliphatic rings. The number of aliphatic hydroxyl groups is 4. The highest BCUT2D eigenvalue weighted by atomic mass is 16.7. The maximum atomic E-state index is 13.9. The van der Waals surface area contributed by atoms with E-state index >= 15 is 0 Å². The zero-order chi connectivity index (χ0) is 41.9. The molecule has 1 fully saturated rings. The third-order valence-corrected chi connectivity index (χ3v) is 8.92. The van der Waals surface area contributed by atoms with E-state index in [1.54, 1.807) is 42.5 Å². The maximum absolute atomic E-state index is 13.9. The average Bonchev–Trinajstić information content (AvgIpc) is 3.59. The summed E-state index contributed by atoms with van der Waals surface area (Å²) in [5, 5.41) is 45.9. The molecule has 2 aromatic rings. The van der Waals surface area contributed by atoms with Gasteiger partial charge in [-0.1, -0.05) is 31.7 Å². The van der Waals surface area contributed by atoms with Crippen LogP contribution in [0.3, 0.4) is 0 Å². The van der Waals surface area contributed by atoms with Gasteiger partial charge in [0.1, 0.15) is 42.2 Å². The lowest BCUT2D eigenvalue weighted by Crippen LogP contribution is -2.60. The summed E-state index contributed by atoms with van der Waals surface area (Å²) in [6.45, 7) is 5.09. The number of nitrogens with zero attached hydrogens (tertiary/aromatic N) is 2. The van der Waals surface area contributed by atoms with Crippen molar-refractivity contribution in [1.82, 2.24) is 10.6 Å². The summed E-state index contributed by atoms with van der Waals surface area (Å²) in [7, 11) is 1.48. The number of hydrogen-bond donors (Lipinski definition) is 10. The summed E-state index contributed by atoms with van der Waals surface area (Å²) >= 11 is 0. The van der Waals surface area contributed by atoms with Gasteiger partial charge in [-0.15, -0.1) is 0 Å². The first-order chi connectivity index (χ1) is 27.3. The molecule has 0 aliphatic carbocycles. The zero-order valence-electron chi connectivity index (χ0n) is 32.6. The topological polar surface area (TPSA) is 305 Å². The molecular formula is C40H62N8O10. The molecule has 7 atom stereocenters. The van der Waals surface area contributed by atoms with Crippen molar-refractivity contribution in [2.75, 3.05) is 39.9 Å². The number of unbranched alkanes of at least 4 members (excludes halogenated alkanes) is 2. The monoisotopic (exact) mass is 814 g/mol. The molecule has 0 spiro atoms. The predicted molar refractivity (Wildman–Crippen MR) is 222 cm³/mol. The average molecular weight is 815 g/mol. The largest absolute Gasteiger partial charge is 0.493 e. The number of fused-ring (bicyclic) bond motifs is 1. The molecule has 0 radical (unpaired) electrons. The van der Waals surface area contributed by atoms with E-state index in [-0.39, 0.29) is 36.9 Å². The molecule has 18 nitrogen and oxygen atoms in total. The van der Waals surface area contributed by atoms with E-state index in [0.29, 0.717) is 80.1 Å². The third kappa shape index (κ3) is 14.5. The van der Waals surface area contributed by atoms with Crippen LogP contribution in [0.1, 0.15) is 75.7 Å². The quantitative estimate of drug-likeness (QED) is 0.0325. The number of allylic oxidation sites excluding steroid dienone is 2. The van der Waals surface area contributed by atoms with Crippen LogP contribution in [0.4, 0.5) is 0 Å². The lowest BCUT2D eigenvalue weighted by Gasteiger charge is -2.39. The van der Waals surface area contributed by atoms with Crippen LogP contribution in [0.2, 0.25) is 0 Å². The van der Waals surface area contributed by atoms with Gasteiger partial charge in [-0.3, -0.25) is 19.6 Å². The van der Waals surface area contributed by atoms with Crippen LogP contribution in [0.5, 0.6) is 17.2 Å². The Hall–Kier alpha value is -5.40. The van der Waals surface area contributed by atoms with Crippen molar-refractivity contribution in [3.8, 4) is 17.2 Å². The van der Waals surface area contributed by atoms with Crippen molar-refractivity contribution in [2.45, 2.75) is 89.7 Å². The highest BCUT2D eigenvalue weighted by Gasteiger charge is 2.45. The second-order valence-corrected chi connectivity index (χ2v) is 13.2. The first-order valence-corrected chi connectivity index (χ1v) is 18.7. The van der Waals surface area contributed by atoms with Crippen LogP contribution in [0.25, 0.3) is 6.08 Å². The molecule has 2 heterocycles. The lowest BCUT2D eigenvalue weighted by atomic mass is 9.89. The number of amides is 2. The van der Waals surface area contributed by atoms with Gasteiger partial charge in [0.25, 0.3) is 0 Å². The maximum Gasteiger partial charge on any atom is 0.243 e. The van der Waals surface area contributed by atoms with E-state index in [1.807, 2.05) is 26.0 Å². The third-order valence-electron chi connectivity index (χ3n) is 8.92. The molecule has 1 saturated heterocycles. The molecule has 14 N–H and O–H groups in total. The molecule has 0 bridgehead atoms. The summed E-state index contributed by atoms with van der Waals surface area (Å²) in [5.41, 5.74) is 23.2. The van der Waals surface area contributed by atoms with Crippen LogP contribution in [-0.2, 0) is 14.3 Å². The van der Waals surface area contributed by atoms with E-state index in [9.17, 15) is 30.0 Å². The highest BCUT2D eigenvalue weighted by Crippen LogP contribution is 2.51. The number of hydrogen-bond acceptors (Lipinski definition) is 12. The fraction of sp³-hybridized carbons (Fsp3) is 0.500. The van der Waals surface area contributed by atoms with Gasteiger partial charge in [0, 0.05) is 37.8 Å². The number of aliphatic imine (C=N–C) groups is 2. The van der Waals surface area contributed by atoms with E-state index in [0.717, 1.165) is 0 Å². The molecule has 4 rings (SSSR count). The van der Waals surface area contributed by atoms with E-state index in [1.165, 1.54) is 13.2 Å². The van der Waals surface area contributed by atoms with Crippen molar-refractivity contribution >= 4 is 29.8 Å². The van der Waals surface area contributed by atoms with Crippen LogP contribution in [-0.4, -0.2) is 115 Å². The Labute approximate surface area is 340 Å². The SMILES string of the molecule is C.CC=CC.COc1cc(C=CC(=O)NCCCCN=C(N)N)cc2c1OC(c1ccc(OC3OC(CO)C(O)C(O)C3O)cc1)C2C(=O)NCCCCN=C(N)N. The van der Waals surface area contributed by atoms with E-state index < -0.39 is 49.3 Å². The minimum absolute atomic E-state index is 0. The number of nitrogens with two attached hydrogens (primary N) is 4. The van der Waals surface area contributed by atoms with Gasteiger partial charge in [0.2, 0.25) is 18.1 Å². The number of aliphatic hydroxyl groups excluding tert-OH is 4. The summed E-state index contributed by atoms with van der Waals surface area (Å²) in [4.78, 5) is 34.3. The van der Waals surface area contributed by atoms with Gasteiger partial charge >= 0.3 is 0 Å². The number of benzene rings is 2. The Bertz CT molecular complexity index is 1690. The number of ether oxygens (including phenoxy) is 4. The second-order valence-electron chi connectivity index (χ2n) is 13.2. The highest BCUT2D eigenvalue weighted by molar-refractivity contribution is 5.92. The fourth-order valence-corrected chi connectivity index (χ4v) is 5.84. The van der Waals surface area contributed by atoms with Crippen LogP contribution in [0, 0.1) is 0 Å². The molecule has 2 amide bonds. The summed E-state index contributed by atoms with van der Waals surface area (Å²) < 4.78 is 23.3. The van der Waals surface area contributed by atoms with E-state index in [2.05, 4.69) is 20.6 Å². The number of carbonyl (C=O) groups excluding carboxylic acids is 2. The van der Waals surface area contributed by atoms with Crippen LogP contribution < -0.4 is 47.8 Å². The molecule has 322 valence electrons. The zero-order valence-corrected chi connectivity index (χ0v) is 32.6. The standard InChI is InChI=1S/C35H50N8O10.C4H8.CH4/c1-50-23-17-19(6-11-25(45)40-12-2-4-14-42-34(36)37)16-22-26(32(49)41-13-3-5-15-43-35(38)39)30(53-31(22)23)20-7-9-21(10-8-20)51-33-29(48)28(47)27(46)24(18-44)52-33;1-3-4-2;/h6-11,16-17,24,26-30,33,44,46-48H,2-5,12-15,18H2,1H3,(H,40,45)(H,41,49)(H4,36,37,42)(H4,38,39,43);3-4H,1-2H3;1H4.